The molecular formula is C21H26N2O4. The summed E-state index contributed by atoms with van der Waals surface area (Å²) in [6.07, 6.45) is 2.61. The average molecular weight is 370 g/mol. The number of hydrogen-bond donors (Lipinski definition) is 0. The molecule has 0 radical (unpaired) electrons. The van der Waals surface area contributed by atoms with Crippen molar-refractivity contribution in [2.75, 3.05) is 39.4 Å². The van der Waals surface area contributed by atoms with Crippen molar-refractivity contribution < 1.29 is 18.7 Å². The van der Waals surface area contributed by atoms with E-state index in [1.165, 1.54) is 5.56 Å². The number of nitrogens with zero attached hydrogens (tertiary/aromatic N) is 2. The molecule has 4 rings (SSSR count). The van der Waals surface area contributed by atoms with Gasteiger partial charge in [-0.15, -0.1) is 0 Å². The molecule has 144 valence electrons. The maximum Gasteiger partial charge on any atom is 0.257 e. The summed E-state index contributed by atoms with van der Waals surface area (Å²) in [6.45, 7) is 7.37. The molecule has 6 heteroatoms. The third-order valence-corrected chi connectivity index (χ3v) is 5.13. The molecule has 0 spiro atoms. The SMILES string of the molecule is CCc1cccc(OC2CN(C(=O)c3coc(CN4CCOCC4)c3)C2)c1. The molecule has 2 aliphatic heterocycles. The van der Waals surface area contributed by atoms with Crippen molar-refractivity contribution in [3.05, 3.63) is 53.5 Å². The highest BCUT2D eigenvalue weighted by Gasteiger charge is 2.33. The van der Waals surface area contributed by atoms with Crippen LogP contribution in [0, 0.1) is 0 Å². The fourth-order valence-corrected chi connectivity index (χ4v) is 3.45. The van der Waals surface area contributed by atoms with Crippen molar-refractivity contribution in [2.45, 2.75) is 26.0 Å². The fourth-order valence-electron chi connectivity index (χ4n) is 3.45. The van der Waals surface area contributed by atoms with Crippen LogP contribution < -0.4 is 4.74 Å². The molecule has 2 aromatic rings. The van der Waals surface area contributed by atoms with Gasteiger partial charge in [-0.05, 0) is 30.2 Å². The summed E-state index contributed by atoms with van der Waals surface area (Å²) in [5.41, 5.74) is 1.87. The van der Waals surface area contributed by atoms with Gasteiger partial charge in [0.1, 0.15) is 23.9 Å². The summed E-state index contributed by atoms with van der Waals surface area (Å²) in [5, 5.41) is 0. The Balaban J connectivity index is 1.27. The number of aryl methyl sites for hydroxylation is 1. The summed E-state index contributed by atoms with van der Waals surface area (Å²) in [5.74, 6) is 1.71. The first-order valence-corrected chi connectivity index (χ1v) is 9.63. The van der Waals surface area contributed by atoms with Crippen molar-refractivity contribution in [2.24, 2.45) is 0 Å². The molecule has 3 heterocycles. The second-order valence-electron chi connectivity index (χ2n) is 7.14. The Morgan fingerprint density at radius 1 is 1.22 bits per heavy atom. The second kappa shape index (κ2) is 8.15. The highest BCUT2D eigenvalue weighted by Crippen LogP contribution is 2.22. The van der Waals surface area contributed by atoms with E-state index < -0.39 is 0 Å². The molecular weight excluding hydrogens is 344 g/mol. The summed E-state index contributed by atoms with van der Waals surface area (Å²) < 4.78 is 16.9. The monoisotopic (exact) mass is 370 g/mol. The van der Waals surface area contributed by atoms with Gasteiger partial charge in [-0.2, -0.15) is 0 Å². The smallest absolute Gasteiger partial charge is 0.257 e. The Hall–Kier alpha value is -2.31. The maximum atomic E-state index is 12.6. The molecule has 0 N–H and O–H groups in total. The molecule has 6 nitrogen and oxygen atoms in total. The van der Waals surface area contributed by atoms with Crippen LogP contribution in [0.5, 0.6) is 5.75 Å². The lowest BCUT2D eigenvalue weighted by Gasteiger charge is -2.38. The minimum atomic E-state index is 0.00846. The summed E-state index contributed by atoms with van der Waals surface area (Å²) in [7, 11) is 0. The fraction of sp³-hybridized carbons (Fsp3) is 0.476. The molecule has 1 amide bonds. The number of furan rings is 1. The highest BCUT2D eigenvalue weighted by molar-refractivity contribution is 5.94. The molecule has 0 bridgehead atoms. The third-order valence-electron chi connectivity index (χ3n) is 5.13. The number of ether oxygens (including phenoxy) is 2. The largest absolute Gasteiger partial charge is 0.487 e. The van der Waals surface area contributed by atoms with E-state index in [1.807, 2.05) is 18.2 Å². The zero-order chi connectivity index (χ0) is 18.6. The zero-order valence-corrected chi connectivity index (χ0v) is 15.7. The molecule has 2 saturated heterocycles. The van der Waals surface area contributed by atoms with Crippen LogP contribution in [0.4, 0.5) is 0 Å². The number of morpholine rings is 1. The lowest BCUT2D eigenvalue weighted by atomic mass is 10.1. The highest BCUT2D eigenvalue weighted by atomic mass is 16.5. The number of amides is 1. The van der Waals surface area contributed by atoms with Crippen LogP contribution in [0.1, 0.15) is 28.6 Å². The summed E-state index contributed by atoms with van der Waals surface area (Å²) >= 11 is 0. The maximum absolute atomic E-state index is 12.6. The van der Waals surface area contributed by atoms with Crippen molar-refractivity contribution in [1.82, 2.24) is 9.80 Å². The van der Waals surface area contributed by atoms with Crippen LogP contribution in [0.3, 0.4) is 0 Å². The molecule has 0 aliphatic carbocycles. The second-order valence-corrected chi connectivity index (χ2v) is 7.14. The summed E-state index contributed by atoms with van der Waals surface area (Å²) in [6, 6.07) is 10.0. The third kappa shape index (κ3) is 4.34. The van der Waals surface area contributed by atoms with Crippen LogP contribution in [0.2, 0.25) is 0 Å². The van der Waals surface area contributed by atoms with E-state index >= 15 is 0 Å². The van der Waals surface area contributed by atoms with E-state index in [2.05, 4.69) is 24.0 Å². The Bertz CT molecular complexity index is 776. The van der Waals surface area contributed by atoms with Gasteiger partial charge in [-0.25, -0.2) is 0 Å². The van der Waals surface area contributed by atoms with E-state index in [-0.39, 0.29) is 12.0 Å². The van der Waals surface area contributed by atoms with Gasteiger partial charge < -0.3 is 18.8 Å². The quantitative estimate of drug-likeness (QED) is 0.782. The number of benzene rings is 1. The predicted molar refractivity (Wildman–Crippen MR) is 101 cm³/mol. The first-order valence-electron chi connectivity index (χ1n) is 9.63. The van der Waals surface area contributed by atoms with E-state index in [0.29, 0.717) is 18.7 Å². The summed E-state index contributed by atoms with van der Waals surface area (Å²) in [4.78, 5) is 16.7. The average Bonchev–Trinajstić information content (AvgIpc) is 3.13. The van der Waals surface area contributed by atoms with Gasteiger partial charge in [0.25, 0.3) is 5.91 Å². The van der Waals surface area contributed by atoms with E-state index in [0.717, 1.165) is 50.8 Å². The van der Waals surface area contributed by atoms with Gasteiger partial charge in [-0.1, -0.05) is 19.1 Å². The number of carbonyl (C=O) groups is 1. The first kappa shape index (κ1) is 18.1. The van der Waals surface area contributed by atoms with Crippen LogP contribution in [-0.4, -0.2) is 61.2 Å². The lowest BCUT2D eigenvalue weighted by Crippen LogP contribution is -2.56. The molecule has 0 unspecified atom stereocenters. The molecule has 2 aliphatic rings. The van der Waals surface area contributed by atoms with Gasteiger partial charge >= 0.3 is 0 Å². The Labute approximate surface area is 159 Å². The van der Waals surface area contributed by atoms with Gasteiger partial charge in [0.2, 0.25) is 0 Å². The van der Waals surface area contributed by atoms with Crippen LogP contribution in [0.15, 0.2) is 41.0 Å². The van der Waals surface area contributed by atoms with Crippen LogP contribution >= 0.6 is 0 Å². The topological polar surface area (TPSA) is 55.2 Å². The van der Waals surface area contributed by atoms with Gasteiger partial charge in [0, 0.05) is 13.1 Å². The van der Waals surface area contributed by atoms with Gasteiger partial charge in [0.05, 0.1) is 38.4 Å². The minimum absolute atomic E-state index is 0.00846. The molecule has 0 atom stereocenters. The number of carbonyl (C=O) groups excluding carboxylic acids is 1. The molecule has 0 saturated carbocycles. The molecule has 1 aromatic carbocycles. The molecule has 2 fully saturated rings. The number of rotatable bonds is 6. The zero-order valence-electron chi connectivity index (χ0n) is 15.7. The number of likely N-dealkylation sites (tertiary alicyclic amines) is 1. The van der Waals surface area contributed by atoms with Crippen LogP contribution in [-0.2, 0) is 17.7 Å². The Morgan fingerprint density at radius 2 is 2.04 bits per heavy atom. The Morgan fingerprint density at radius 3 is 2.81 bits per heavy atom. The van der Waals surface area contributed by atoms with Gasteiger partial charge in [-0.3, -0.25) is 9.69 Å². The normalized spacial score (nSPS) is 18.3. The van der Waals surface area contributed by atoms with Gasteiger partial charge in [0.15, 0.2) is 0 Å². The van der Waals surface area contributed by atoms with E-state index in [4.69, 9.17) is 13.9 Å². The standard InChI is InChI=1S/C21H26N2O4/c1-2-16-4-3-5-18(10-16)27-20-13-23(14-20)21(24)17-11-19(26-15-17)12-22-6-8-25-9-7-22/h3-5,10-11,15,20H,2,6-9,12-14H2,1H3. The van der Waals surface area contributed by atoms with Crippen LogP contribution in [0.25, 0.3) is 0 Å². The number of hydrogen-bond acceptors (Lipinski definition) is 5. The molecule has 27 heavy (non-hydrogen) atoms. The lowest BCUT2D eigenvalue weighted by molar-refractivity contribution is 0.0177. The van der Waals surface area contributed by atoms with E-state index in [1.54, 1.807) is 11.2 Å². The van der Waals surface area contributed by atoms with Crippen molar-refractivity contribution in [1.29, 1.82) is 0 Å². The molecule has 1 aromatic heterocycles. The van der Waals surface area contributed by atoms with Crippen molar-refractivity contribution in [3.63, 3.8) is 0 Å². The van der Waals surface area contributed by atoms with Crippen molar-refractivity contribution >= 4 is 5.91 Å². The van der Waals surface area contributed by atoms with Crippen molar-refractivity contribution in [3.8, 4) is 5.75 Å². The predicted octanol–water partition coefficient (Wildman–Crippen LogP) is 2.58. The minimum Gasteiger partial charge on any atom is -0.487 e. The Kier molecular flexibility index (Phi) is 5.45. The van der Waals surface area contributed by atoms with E-state index in [9.17, 15) is 4.79 Å². The first-order chi connectivity index (χ1) is 13.2.